The van der Waals surface area contributed by atoms with E-state index >= 15 is 0 Å². The summed E-state index contributed by atoms with van der Waals surface area (Å²) in [5.74, 6) is 0.0836. The Balaban J connectivity index is 1.85. The van der Waals surface area contributed by atoms with E-state index in [0.717, 1.165) is 18.4 Å². The van der Waals surface area contributed by atoms with Crippen LogP contribution in [0.1, 0.15) is 18.4 Å². The number of rotatable bonds is 6. The van der Waals surface area contributed by atoms with Crippen molar-refractivity contribution >= 4 is 16.8 Å². The van der Waals surface area contributed by atoms with E-state index in [2.05, 4.69) is 22.4 Å². The maximum Gasteiger partial charge on any atom is 0.220 e. The average molecular weight is 245 g/mol. The molecule has 96 valence electrons. The van der Waals surface area contributed by atoms with Crippen LogP contribution in [-0.4, -0.2) is 24.0 Å². The lowest BCUT2D eigenvalue weighted by atomic mass is 10.1. The van der Waals surface area contributed by atoms with Gasteiger partial charge in [-0.15, -0.1) is 0 Å². The molecule has 4 N–H and O–H groups in total. The third kappa shape index (κ3) is 3.11. The summed E-state index contributed by atoms with van der Waals surface area (Å²) < 4.78 is 0. The molecule has 1 aromatic carbocycles. The third-order valence-electron chi connectivity index (χ3n) is 3.00. The number of aromatic amines is 1. The molecule has 0 spiro atoms. The summed E-state index contributed by atoms with van der Waals surface area (Å²) in [6.07, 6.45) is 4.12. The SMILES string of the molecule is NCCCC(=O)NCCc1c[nH]c2ccccc12. The summed E-state index contributed by atoms with van der Waals surface area (Å²) in [6.45, 7) is 1.24. The molecule has 0 saturated heterocycles. The molecule has 4 heteroatoms. The van der Waals surface area contributed by atoms with Crippen molar-refractivity contribution in [2.45, 2.75) is 19.3 Å². The number of amides is 1. The molecule has 2 rings (SSSR count). The lowest BCUT2D eigenvalue weighted by molar-refractivity contribution is -0.121. The van der Waals surface area contributed by atoms with Crippen LogP contribution in [0.15, 0.2) is 30.5 Å². The van der Waals surface area contributed by atoms with Gasteiger partial charge in [-0.3, -0.25) is 4.79 Å². The van der Waals surface area contributed by atoms with Gasteiger partial charge in [-0.2, -0.15) is 0 Å². The van der Waals surface area contributed by atoms with Gasteiger partial charge in [0.15, 0.2) is 0 Å². The van der Waals surface area contributed by atoms with Gasteiger partial charge in [0.2, 0.25) is 5.91 Å². The van der Waals surface area contributed by atoms with Gasteiger partial charge in [0.05, 0.1) is 0 Å². The van der Waals surface area contributed by atoms with Gasteiger partial charge < -0.3 is 16.0 Å². The normalized spacial score (nSPS) is 10.7. The lowest BCUT2D eigenvalue weighted by Crippen LogP contribution is -2.25. The van der Waals surface area contributed by atoms with Crippen LogP contribution in [0.25, 0.3) is 10.9 Å². The van der Waals surface area contributed by atoms with Crippen molar-refractivity contribution in [2.24, 2.45) is 5.73 Å². The molecule has 1 amide bonds. The minimum atomic E-state index is 0.0836. The second-order valence-electron chi connectivity index (χ2n) is 4.35. The van der Waals surface area contributed by atoms with E-state index in [4.69, 9.17) is 5.73 Å². The van der Waals surface area contributed by atoms with Gasteiger partial charge in [-0.1, -0.05) is 18.2 Å². The number of fused-ring (bicyclic) bond motifs is 1. The molecule has 0 radical (unpaired) electrons. The maximum atomic E-state index is 11.4. The number of nitrogens with two attached hydrogens (primary N) is 1. The Morgan fingerprint density at radius 3 is 3.00 bits per heavy atom. The first-order valence-electron chi connectivity index (χ1n) is 6.33. The first kappa shape index (κ1) is 12.6. The highest BCUT2D eigenvalue weighted by Crippen LogP contribution is 2.17. The predicted molar refractivity (Wildman–Crippen MR) is 73.3 cm³/mol. The Bertz CT molecular complexity index is 518. The van der Waals surface area contributed by atoms with Gasteiger partial charge in [0.25, 0.3) is 0 Å². The molecule has 0 aliphatic heterocycles. The van der Waals surface area contributed by atoms with E-state index in [-0.39, 0.29) is 5.91 Å². The van der Waals surface area contributed by atoms with Crippen LogP contribution in [0.4, 0.5) is 0 Å². The van der Waals surface area contributed by atoms with Crippen LogP contribution < -0.4 is 11.1 Å². The highest BCUT2D eigenvalue weighted by atomic mass is 16.1. The molecule has 0 saturated carbocycles. The highest BCUT2D eigenvalue weighted by molar-refractivity contribution is 5.83. The summed E-state index contributed by atoms with van der Waals surface area (Å²) in [6, 6.07) is 8.19. The molecule has 0 aliphatic rings. The van der Waals surface area contributed by atoms with Crippen molar-refractivity contribution in [1.29, 1.82) is 0 Å². The number of H-pyrrole nitrogens is 1. The number of hydrogen-bond acceptors (Lipinski definition) is 2. The van der Waals surface area contributed by atoms with Crippen LogP contribution in [0.5, 0.6) is 0 Å². The molecular weight excluding hydrogens is 226 g/mol. The highest BCUT2D eigenvalue weighted by Gasteiger charge is 2.04. The van der Waals surface area contributed by atoms with Crippen molar-refractivity contribution in [3.05, 3.63) is 36.0 Å². The van der Waals surface area contributed by atoms with E-state index in [9.17, 15) is 4.79 Å². The zero-order valence-electron chi connectivity index (χ0n) is 10.4. The second-order valence-corrected chi connectivity index (χ2v) is 4.35. The van der Waals surface area contributed by atoms with Crippen LogP contribution in [0.2, 0.25) is 0 Å². The zero-order valence-corrected chi connectivity index (χ0v) is 10.4. The lowest BCUT2D eigenvalue weighted by Gasteiger charge is -2.04. The fourth-order valence-corrected chi connectivity index (χ4v) is 2.03. The minimum Gasteiger partial charge on any atom is -0.361 e. The average Bonchev–Trinajstić information content (AvgIpc) is 2.80. The van der Waals surface area contributed by atoms with E-state index in [1.54, 1.807) is 0 Å². The van der Waals surface area contributed by atoms with Crippen LogP contribution in [0.3, 0.4) is 0 Å². The van der Waals surface area contributed by atoms with Crippen LogP contribution >= 0.6 is 0 Å². The van der Waals surface area contributed by atoms with Crippen molar-refractivity contribution in [2.75, 3.05) is 13.1 Å². The van der Waals surface area contributed by atoms with Crippen LogP contribution in [0, 0.1) is 0 Å². The Morgan fingerprint density at radius 1 is 1.33 bits per heavy atom. The fraction of sp³-hybridized carbons (Fsp3) is 0.357. The number of para-hydroxylation sites is 1. The Hall–Kier alpha value is -1.81. The van der Waals surface area contributed by atoms with Crippen molar-refractivity contribution in [3.8, 4) is 0 Å². The van der Waals surface area contributed by atoms with Crippen LogP contribution in [-0.2, 0) is 11.2 Å². The fourth-order valence-electron chi connectivity index (χ4n) is 2.03. The quantitative estimate of drug-likeness (QED) is 0.723. The molecule has 4 nitrogen and oxygen atoms in total. The summed E-state index contributed by atoms with van der Waals surface area (Å²) in [4.78, 5) is 14.7. The molecule has 0 unspecified atom stereocenters. The topological polar surface area (TPSA) is 70.9 Å². The van der Waals surface area contributed by atoms with Crippen molar-refractivity contribution in [3.63, 3.8) is 0 Å². The Kier molecular flexibility index (Phi) is 4.36. The minimum absolute atomic E-state index is 0.0836. The summed E-state index contributed by atoms with van der Waals surface area (Å²) in [7, 11) is 0. The first-order valence-corrected chi connectivity index (χ1v) is 6.33. The third-order valence-corrected chi connectivity index (χ3v) is 3.00. The molecular formula is C14H19N3O. The molecule has 2 aromatic rings. The number of hydrogen-bond donors (Lipinski definition) is 3. The number of aromatic nitrogens is 1. The molecule has 1 aromatic heterocycles. The second kappa shape index (κ2) is 6.21. The molecule has 0 bridgehead atoms. The molecule has 0 atom stereocenters. The molecule has 18 heavy (non-hydrogen) atoms. The van der Waals surface area contributed by atoms with Crippen molar-refractivity contribution in [1.82, 2.24) is 10.3 Å². The largest absolute Gasteiger partial charge is 0.361 e. The summed E-state index contributed by atoms with van der Waals surface area (Å²) in [5.41, 5.74) is 7.74. The molecule has 0 aliphatic carbocycles. The number of carbonyl (C=O) groups excluding carboxylic acids is 1. The summed E-state index contributed by atoms with van der Waals surface area (Å²) in [5, 5.41) is 4.14. The monoisotopic (exact) mass is 245 g/mol. The van der Waals surface area contributed by atoms with E-state index in [1.807, 2.05) is 18.3 Å². The molecule has 0 fully saturated rings. The molecule has 1 heterocycles. The van der Waals surface area contributed by atoms with Gasteiger partial charge >= 0.3 is 0 Å². The predicted octanol–water partition coefficient (Wildman–Crippen LogP) is 1.57. The van der Waals surface area contributed by atoms with Gasteiger partial charge in [0.1, 0.15) is 0 Å². The first-order chi connectivity index (χ1) is 8.81. The number of benzene rings is 1. The Morgan fingerprint density at radius 2 is 2.17 bits per heavy atom. The summed E-state index contributed by atoms with van der Waals surface area (Å²) >= 11 is 0. The van der Waals surface area contributed by atoms with E-state index < -0.39 is 0 Å². The standard InChI is InChI=1S/C14H19N3O/c15-8-3-6-14(18)16-9-7-11-10-17-13-5-2-1-4-12(11)13/h1-2,4-5,10,17H,3,6-9,15H2,(H,16,18). The smallest absolute Gasteiger partial charge is 0.220 e. The zero-order chi connectivity index (χ0) is 12.8. The van der Waals surface area contributed by atoms with E-state index in [0.29, 0.717) is 19.5 Å². The Labute approximate surface area is 107 Å². The van der Waals surface area contributed by atoms with Gasteiger partial charge in [-0.25, -0.2) is 0 Å². The number of nitrogens with one attached hydrogen (secondary N) is 2. The van der Waals surface area contributed by atoms with E-state index in [1.165, 1.54) is 10.9 Å². The number of carbonyl (C=O) groups is 1. The van der Waals surface area contributed by atoms with Gasteiger partial charge in [-0.05, 0) is 31.0 Å². The maximum absolute atomic E-state index is 11.4. The van der Waals surface area contributed by atoms with Crippen molar-refractivity contribution < 1.29 is 4.79 Å². The van der Waals surface area contributed by atoms with Gasteiger partial charge in [0, 0.05) is 30.1 Å².